The van der Waals surface area contributed by atoms with Crippen LogP contribution in [-0.2, 0) is 11.2 Å². The van der Waals surface area contributed by atoms with Crippen LogP contribution in [0.2, 0.25) is 0 Å². The summed E-state index contributed by atoms with van der Waals surface area (Å²) >= 11 is 0. The smallest absolute Gasteiger partial charge is 0.324 e. The monoisotopic (exact) mass is 279 g/mol. The van der Waals surface area contributed by atoms with Gasteiger partial charge in [-0.05, 0) is 31.0 Å². The minimum absolute atomic E-state index is 0.0873. The van der Waals surface area contributed by atoms with E-state index in [1.54, 1.807) is 12.1 Å². The molecule has 2 rings (SSSR count). The highest BCUT2D eigenvalue weighted by Gasteiger charge is 2.27. The van der Waals surface area contributed by atoms with E-state index in [2.05, 4.69) is 10.6 Å². The second-order valence-corrected chi connectivity index (χ2v) is 4.89. The lowest BCUT2D eigenvalue weighted by atomic mass is 10.1. The Hall–Kier alpha value is -1.95. The Morgan fingerprint density at radius 3 is 2.65 bits per heavy atom. The molecule has 0 radical (unpaired) electrons. The fourth-order valence-electron chi connectivity index (χ4n) is 2.15. The molecule has 1 aromatic carbocycles. The summed E-state index contributed by atoms with van der Waals surface area (Å²) in [7, 11) is 0. The molecule has 2 N–H and O–H groups in total. The van der Waals surface area contributed by atoms with E-state index < -0.39 is 0 Å². The molecular formula is C14H18FN3O2. The van der Waals surface area contributed by atoms with Crippen LogP contribution in [0.4, 0.5) is 9.18 Å². The van der Waals surface area contributed by atoms with E-state index in [9.17, 15) is 14.0 Å². The van der Waals surface area contributed by atoms with Crippen LogP contribution >= 0.6 is 0 Å². The number of benzene rings is 1. The fourth-order valence-corrected chi connectivity index (χ4v) is 2.15. The largest absolute Gasteiger partial charge is 0.329 e. The number of imide groups is 1. The average molecular weight is 279 g/mol. The minimum atomic E-state index is -0.331. The van der Waals surface area contributed by atoms with Gasteiger partial charge < -0.3 is 10.6 Å². The van der Waals surface area contributed by atoms with Gasteiger partial charge in [0.05, 0.1) is 6.54 Å². The topological polar surface area (TPSA) is 61.4 Å². The Morgan fingerprint density at radius 1 is 1.35 bits per heavy atom. The van der Waals surface area contributed by atoms with Crippen LogP contribution in [0.1, 0.15) is 12.5 Å². The molecule has 6 heteroatoms. The molecule has 1 aliphatic rings. The van der Waals surface area contributed by atoms with Gasteiger partial charge in [-0.25, -0.2) is 9.18 Å². The first kappa shape index (κ1) is 14.5. The number of amides is 3. The highest BCUT2D eigenvalue weighted by molar-refractivity contribution is 6.01. The number of rotatable bonds is 6. The van der Waals surface area contributed by atoms with Crippen LogP contribution in [0.3, 0.4) is 0 Å². The van der Waals surface area contributed by atoms with E-state index in [0.29, 0.717) is 13.1 Å². The van der Waals surface area contributed by atoms with Gasteiger partial charge in [-0.2, -0.15) is 0 Å². The van der Waals surface area contributed by atoms with Crippen LogP contribution in [0.5, 0.6) is 0 Å². The first-order valence-corrected chi connectivity index (χ1v) is 6.62. The molecule has 0 spiro atoms. The molecule has 1 heterocycles. The molecule has 0 aromatic heterocycles. The summed E-state index contributed by atoms with van der Waals surface area (Å²) in [5.41, 5.74) is 1.04. The molecule has 1 saturated heterocycles. The summed E-state index contributed by atoms with van der Waals surface area (Å²) in [5, 5.41) is 5.72. The lowest BCUT2D eigenvalue weighted by Gasteiger charge is -2.17. The second kappa shape index (κ2) is 6.47. The second-order valence-electron chi connectivity index (χ2n) is 4.89. The highest BCUT2D eigenvalue weighted by Crippen LogP contribution is 2.05. The highest BCUT2D eigenvalue weighted by atomic mass is 19.1. The fraction of sp³-hybridized carbons (Fsp3) is 0.429. The van der Waals surface area contributed by atoms with Gasteiger partial charge in [0.2, 0.25) is 5.91 Å². The third-order valence-corrected chi connectivity index (χ3v) is 3.22. The van der Waals surface area contributed by atoms with Gasteiger partial charge in [0.15, 0.2) is 0 Å². The van der Waals surface area contributed by atoms with Crippen molar-refractivity contribution >= 4 is 11.9 Å². The van der Waals surface area contributed by atoms with Crippen molar-refractivity contribution in [2.24, 2.45) is 0 Å². The van der Waals surface area contributed by atoms with Crippen molar-refractivity contribution in [2.45, 2.75) is 19.4 Å². The number of hydrogen-bond acceptors (Lipinski definition) is 3. The average Bonchev–Trinajstić information content (AvgIpc) is 2.73. The van der Waals surface area contributed by atoms with Gasteiger partial charge in [0.25, 0.3) is 0 Å². The van der Waals surface area contributed by atoms with Crippen molar-refractivity contribution in [2.75, 3.05) is 19.6 Å². The minimum Gasteiger partial charge on any atom is -0.329 e. The molecule has 1 aromatic rings. The van der Waals surface area contributed by atoms with E-state index in [0.717, 1.165) is 12.0 Å². The zero-order valence-electron chi connectivity index (χ0n) is 11.4. The lowest BCUT2D eigenvalue weighted by molar-refractivity contribution is -0.124. The summed E-state index contributed by atoms with van der Waals surface area (Å²) in [4.78, 5) is 23.9. The van der Waals surface area contributed by atoms with Crippen molar-refractivity contribution in [1.29, 1.82) is 0 Å². The van der Waals surface area contributed by atoms with E-state index in [1.165, 1.54) is 17.0 Å². The Bertz CT molecular complexity index is 474. The van der Waals surface area contributed by atoms with Crippen molar-refractivity contribution < 1.29 is 14.0 Å². The number of nitrogens with zero attached hydrogens (tertiary/aromatic N) is 1. The SMILES string of the molecule is CC(Cc1ccc(F)cc1)NCCN1C(=O)CNC1=O. The number of hydrogen-bond donors (Lipinski definition) is 2. The van der Waals surface area contributed by atoms with E-state index in [4.69, 9.17) is 0 Å². The van der Waals surface area contributed by atoms with Crippen LogP contribution in [0.25, 0.3) is 0 Å². The zero-order chi connectivity index (χ0) is 14.5. The van der Waals surface area contributed by atoms with Crippen LogP contribution in [0, 0.1) is 5.82 Å². The van der Waals surface area contributed by atoms with E-state index >= 15 is 0 Å². The maximum Gasteiger partial charge on any atom is 0.324 e. The van der Waals surface area contributed by atoms with Gasteiger partial charge in [-0.3, -0.25) is 9.69 Å². The third kappa shape index (κ3) is 3.77. The van der Waals surface area contributed by atoms with Crippen molar-refractivity contribution in [1.82, 2.24) is 15.5 Å². The zero-order valence-corrected chi connectivity index (χ0v) is 11.4. The van der Waals surface area contributed by atoms with Crippen molar-refractivity contribution in [3.05, 3.63) is 35.6 Å². The third-order valence-electron chi connectivity index (χ3n) is 3.22. The molecule has 20 heavy (non-hydrogen) atoms. The number of carbonyl (C=O) groups is 2. The van der Waals surface area contributed by atoms with Crippen LogP contribution in [0.15, 0.2) is 24.3 Å². The molecule has 5 nitrogen and oxygen atoms in total. The van der Waals surface area contributed by atoms with Gasteiger partial charge in [-0.1, -0.05) is 12.1 Å². The lowest BCUT2D eigenvalue weighted by Crippen LogP contribution is -2.39. The van der Waals surface area contributed by atoms with E-state index in [1.807, 2.05) is 6.92 Å². The van der Waals surface area contributed by atoms with Crippen molar-refractivity contribution in [3.63, 3.8) is 0 Å². The van der Waals surface area contributed by atoms with Crippen LogP contribution in [-0.4, -0.2) is 42.5 Å². The molecule has 0 aliphatic carbocycles. The van der Waals surface area contributed by atoms with Gasteiger partial charge in [0.1, 0.15) is 5.82 Å². The number of urea groups is 1. The van der Waals surface area contributed by atoms with Gasteiger partial charge in [-0.15, -0.1) is 0 Å². The van der Waals surface area contributed by atoms with E-state index in [-0.39, 0.29) is 30.3 Å². The Balaban J connectivity index is 1.72. The summed E-state index contributed by atoms with van der Waals surface area (Å²) < 4.78 is 12.8. The summed E-state index contributed by atoms with van der Waals surface area (Å²) in [6, 6.07) is 6.24. The molecule has 3 amide bonds. The van der Waals surface area contributed by atoms with Gasteiger partial charge in [0, 0.05) is 19.1 Å². The maximum atomic E-state index is 12.8. The number of nitrogens with one attached hydrogen (secondary N) is 2. The molecule has 0 saturated carbocycles. The Morgan fingerprint density at radius 2 is 2.05 bits per heavy atom. The predicted octanol–water partition coefficient (Wildman–Crippen LogP) is 0.898. The molecule has 108 valence electrons. The number of carbonyl (C=O) groups excluding carboxylic acids is 2. The van der Waals surface area contributed by atoms with Gasteiger partial charge >= 0.3 is 6.03 Å². The Labute approximate surface area is 117 Å². The summed E-state index contributed by atoms with van der Waals surface area (Å²) in [5.74, 6) is -0.434. The Kier molecular flexibility index (Phi) is 4.68. The summed E-state index contributed by atoms with van der Waals surface area (Å²) in [6.07, 6.45) is 0.764. The molecule has 1 fully saturated rings. The molecule has 1 aliphatic heterocycles. The van der Waals surface area contributed by atoms with Crippen molar-refractivity contribution in [3.8, 4) is 0 Å². The number of halogens is 1. The predicted molar refractivity (Wildman–Crippen MR) is 72.7 cm³/mol. The molecular weight excluding hydrogens is 261 g/mol. The normalized spacial score (nSPS) is 16.4. The molecule has 1 unspecified atom stereocenters. The molecule has 0 bridgehead atoms. The first-order valence-electron chi connectivity index (χ1n) is 6.62. The first-order chi connectivity index (χ1) is 9.56. The van der Waals surface area contributed by atoms with Crippen LogP contribution < -0.4 is 10.6 Å². The quantitative estimate of drug-likeness (QED) is 0.761. The maximum absolute atomic E-state index is 12.8. The standard InChI is InChI=1S/C14H18FN3O2/c1-10(8-11-2-4-12(15)5-3-11)16-6-7-18-13(19)9-17-14(18)20/h2-5,10,16H,6-9H2,1H3,(H,17,20). The molecule has 1 atom stereocenters. The summed E-state index contributed by atoms with van der Waals surface area (Å²) in [6.45, 7) is 3.00.